The summed E-state index contributed by atoms with van der Waals surface area (Å²) in [6, 6.07) is 8.29. The molecule has 2 rings (SSSR count). The van der Waals surface area contributed by atoms with Crippen LogP contribution in [-0.4, -0.2) is 17.4 Å². The summed E-state index contributed by atoms with van der Waals surface area (Å²) >= 11 is 5.55. The molecular formula is C13H11ClN2O2. The Hall–Kier alpha value is -2.07. The standard InChI is InChI=1S/C13H11ClN2O2/c1-8(14)7-15-13(18)11-6-12(17)9-4-2-3-5-10(9)16-11/h2-6H,1,7H2,(H,15,18)(H,16,17). The molecule has 0 aliphatic heterocycles. The molecule has 0 fully saturated rings. The van der Waals surface area contributed by atoms with E-state index in [0.717, 1.165) is 0 Å². The maximum atomic E-state index is 11.8. The molecule has 0 saturated carbocycles. The number of hydrogen-bond acceptors (Lipinski definition) is 2. The molecule has 2 N–H and O–H groups in total. The van der Waals surface area contributed by atoms with Crippen LogP contribution in [0, 0.1) is 0 Å². The van der Waals surface area contributed by atoms with Crippen molar-refractivity contribution >= 4 is 28.4 Å². The number of fused-ring (bicyclic) bond motifs is 1. The van der Waals surface area contributed by atoms with Gasteiger partial charge in [-0.25, -0.2) is 0 Å². The molecule has 1 heterocycles. The number of nitrogens with one attached hydrogen (secondary N) is 2. The number of amides is 1. The smallest absolute Gasteiger partial charge is 0.268 e. The molecule has 1 aromatic carbocycles. The summed E-state index contributed by atoms with van der Waals surface area (Å²) < 4.78 is 0. The van der Waals surface area contributed by atoms with Gasteiger partial charge in [-0.3, -0.25) is 9.59 Å². The molecule has 1 amide bonds. The molecule has 0 saturated heterocycles. The van der Waals surface area contributed by atoms with Crippen molar-refractivity contribution in [1.29, 1.82) is 0 Å². The van der Waals surface area contributed by atoms with Crippen LogP contribution in [0.1, 0.15) is 10.5 Å². The van der Waals surface area contributed by atoms with E-state index in [0.29, 0.717) is 15.9 Å². The molecule has 0 bridgehead atoms. The summed E-state index contributed by atoms with van der Waals surface area (Å²) in [6.07, 6.45) is 0. The number of carbonyl (C=O) groups excluding carboxylic acids is 1. The first kappa shape index (κ1) is 12.4. The quantitative estimate of drug-likeness (QED) is 0.889. The zero-order chi connectivity index (χ0) is 13.1. The minimum Gasteiger partial charge on any atom is -0.350 e. The topological polar surface area (TPSA) is 62.0 Å². The van der Waals surface area contributed by atoms with Crippen LogP contribution in [0.3, 0.4) is 0 Å². The van der Waals surface area contributed by atoms with Gasteiger partial charge in [-0.2, -0.15) is 0 Å². The first-order valence-corrected chi connectivity index (χ1v) is 5.69. The zero-order valence-corrected chi connectivity index (χ0v) is 10.3. The largest absolute Gasteiger partial charge is 0.350 e. The molecule has 0 aliphatic rings. The highest BCUT2D eigenvalue weighted by molar-refractivity contribution is 6.29. The average molecular weight is 263 g/mol. The van der Waals surface area contributed by atoms with E-state index in [1.165, 1.54) is 6.07 Å². The number of pyridine rings is 1. The normalized spacial score (nSPS) is 10.3. The van der Waals surface area contributed by atoms with Crippen molar-refractivity contribution in [3.8, 4) is 0 Å². The molecule has 1 aromatic heterocycles. The van der Waals surface area contributed by atoms with E-state index < -0.39 is 0 Å². The predicted octanol–water partition coefficient (Wildman–Crippen LogP) is 2.01. The van der Waals surface area contributed by atoms with Crippen LogP contribution >= 0.6 is 11.6 Å². The van der Waals surface area contributed by atoms with Crippen molar-refractivity contribution in [2.75, 3.05) is 6.54 Å². The summed E-state index contributed by atoms with van der Waals surface area (Å²) in [5.41, 5.74) is 0.635. The summed E-state index contributed by atoms with van der Waals surface area (Å²) in [5, 5.41) is 3.43. The van der Waals surface area contributed by atoms with Gasteiger partial charge in [0, 0.05) is 22.0 Å². The lowest BCUT2D eigenvalue weighted by Crippen LogP contribution is -2.26. The van der Waals surface area contributed by atoms with Crippen molar-refractivity contribution in [2.45, 2.75) is 0 Å². The molecule has 0 atom stereocenters. The summed E-state index contributed by atoms with van der Waals surface area (Å²) in [5.74, 6) is -0.389. The SMILES string of the molecule is C=C(Cl)CNC(=O)c1cc(=O)c2ccccc2[nH]1. The number of para-hydroxylation sites is 1. The Bertz CT molecular complexity index is 676. The fourth-order valence-corrected chi connectivity index (χ4v) is 1.66. The second kappa shape index (κ2) is 5.06. The highest BCUT2D eigenvalue weighted by atomic mass is 35.5. The number of H-pyrrole nitrogens is 1. The van der Waals surface area contributed by atoms with Crippen molar-refractivity contribution in [1.82, 2.24) is 10.3 Å². The Morgan fingerprint density at radius 2 is 2.11 bits per heavy atom. The van der Waals surface area contributed by atoms with Gasteiger partial charge in [0.2, 0.25) is 0 Å². The Labute approximate surface area is 108 Å². The molecule has 5 heteroatoms. The van der Waals surface area contributed by atoms with E-state index in [2.05, 4.69) is 16.9 Å². The minimum atomic E-state index is -0.389. The number of aromatic amines is 1. The monoisotopic (exact) mass is 262 g/mol. The van der Waals surface area contributed by atoms with Gasteiger partial charge in [0.1, 0.15) is 5.69 Å². The molecule has 0 spiro atoms. The fourth-order valence-electron chi connectivity index (χ4n) is 1.59. The average Bonchev–Trinajstić information content (AvgIpc) is 2.36. The first-order chi connectivity index (χ1) is 8.58. The number of hydrogen-bond donors (Lipinski definition) is 2. The van der Waals surface area contributed by atoms with Gasteiger partial charge in [0.05, 0.1) is 6.54 Å². The van der Waals surface area contributed by atoms with E-state index in [-0.39, 0.29) is 23.6 Å². The number of benzene rings is 1. The van der Waals surface area contributed by atoms with Crippen LogP contribution in [0.25, 0.3) is 10.9 Å². The van der Waals surface area contributed by atoms with E-state index in [1.54, 1.807) is 24.3 Å². The number of aromatic nitrogens is 1. The zero-order valence-electron chi connectivity index (χ0n) is 9.50. The first-order valence-electron chi connectivity index (χ1n) is 5.31. The fraction of sp³-hybridized carbons (Fsp3) is 0.0769. The molecule has 18 heavy (non-hydrogen) atoms. The molecule has 92 valence electrons. The Kier molecular flexibility index (Phi) is 3.48. The van der Waals surface area contributed by atoms with E-state index >= 15 is 0 Å². The van der Waals surface area contributed by atoms with Crippen LogP contribution in [0.2, 0.25) is 0 Å². The van der Waals surface area contributed by atoms with E-state index in [1.807, 2.05) is 0 Å². The highest BCUT2D eigenvalue weighted by Gasteiger charge is 2.08. The van der Waals surface area contributed by atoms with Gasteiger partial charge in [-0.05, 0) is 12.1 Å². The third kappa shape index (κ3) is 2.60. The summed E-state index contributed by atoms with van der Waals surface area (Å²) in [4.78, 5) is 26.5. The van der Waals surface area contributed by atoms with Crippen molar-refractivity contribution in [2.24, 2.45) is 0 Å². The lowest BCUT2D eigenvalue weighted by Gasteiger charge is -2.05. The molecule has 0 unspecified atom stereocenters. The van der Waals surface area contributed by atoms with Crippen molar-refractivity contribution in [3.63, 3.8) is 0 Å². The van der Waals surface area contributed by atoms with Crippen LogP contribution in [0.4, 0.5) is 0 Å². The highest BCUT2D eigenvalue weighted by Crippen LogP contribution is 2.07. The second-order valence-electron chi connectivity index (χ2n) is 3.79. The van der Waals surface area contributed by atoms with Gasteiger partial charge in [-0.1, -0.05) is 30.3 Å². The molecule has 2 aromatic rings. The summed E-state index contributed by atoms with van der Waals surface area (Å²) in [6.45, 7) is 3.63. The summed E-state index contributed by atoms with van der Waals surface area (Å²) in [7, 11) is 0. The third-order valence-electron chi connectivity index (χ3n) is 2.42. The van der Waals surface area contributed by atoms with Crippen molar-refractivity contribution in [3.05, 3.63) is 57.9 Å². The third-order valence-corrected chi connectivity index (χ3v) is 2.56. The lowest BCUT2D eigenvalue weighted by atomic mass is 10.2. The van der Waals surface area contributed by atoms with E-state index in [4.69, 9.17) is 11.6 Å². The number of halogens is 1. The Balaban J connectivity index is 2.37. The van der Waals surface area contributed by atoms with E-state index in [9.17, 15) is 9.59 Å². The van der Waals surface area contributed by atoms with Crippen LogP contribution < -0.4 is 10.7 Å². The number of carbonyl (C=O) groups is 1. The predicted molar refractivity (Wildman–Crippen MR) is 71.9 cm³/mol. The second-order valence-corrected chi connectivity index (χ2v) is 4.33. The van der Waals surface area contributed by atoms with Gasteiger partial charge in [0.15, 0.2) is 5.43 Å². The Morgan fingerprint density at radius 3 is 2.83 bits per heavy atom. The maximum absolute atomic E-state index is 11.8. The van der Waals surface area contributed by atoms with Gasteiger partial charge < -0.3 is 10.3 Å². The van der Waals surface area contributed by atoms with Crippen LogP contribution in [-0.2, 0) is 0 Å². The minimum absolute atomic E-state index is 0.162. The lowest BCUT2D eigenvalue weighted by molar-refractivity contribution is 0.0953. The molecule has 0 radical (unpaired) electrons. The van der Waals surface area contributed by atoms with Gasteiger partial charge >= 0.3 is 0 Å². The van der Waals surface area contributed by atoms with Crippen molar-refractivity contribution < 1.29 is 4.79 Å². The van der Waals surface area contributed by atoms with Crippen LogP contribution in [0.5, 0.6) is 0 Å². The van der Waals surface area contributed by atoms with Crippen LogP contribution in [0.15, 0.2) is 46.7 Å². The maximum Gasteiger partial charge on any atom is 0.268 e. The van der Waals surface area contributed by atoms with Gasteiger partial charge in [0.25, 0.3) is 5.91 Å². The Morgan fingerprint density at radius 1 is 1.39 bits per heavy atom. The number of rotatable bonds is 3. The molecule has 0 aliphatic carbocycles. The molecule has 4 nitrogen and oxygen atoms in total. The molecular weight excluding hydrogens is 252 g/mol. The van der Waals surface area contributed by atoms with Gasteiger partial charge in [-0.15, -0.1) is 0 Å².